The Morgan fingerprint density at radius 1 is 0.976 bits per heavy atom. The lowest BCUT2D eigenvalue weighted by Crippen LogP contribution is -2.37. The summed E-state index contributed by atoms with van der Waals surface area (Å²) in [5.74, 6) is 0.00269. The summed E-state index contributed by atoms with van der Waals surface area (Å²) in [7, 11) is 0. The van der Waals surface area contributed by atoms with E-state index < -0.39 is 0 Å². The molecular formula is C32H35N5O3S. The highest BCUT2D eigenvalue weighted by Crippen LogP contribution is 2.40. The van der Waals surface area contributed by atoms with Crippen molar-refractivity contribution < 1.29 is 9.72 Å². The lowest BCUT2D eigenvalue weighted by Gasteiger charge is -2.28. The van der Waals surface area contributed by atoms with Crippen LogP contribution < -0.4 is 4.90 Å². The molecule has 2 aromatic carbocycles. The average Bonchev–Trinajstić information content (AvgIpc) is 3.68. The van der Waals surface area contributed by atoms with Crippen LogP contribution in [-0.4, -0.2) is 44.6 Å². The maximum Gasteiger partial charge on any atom is 0.294 e. The van der Waals surface area contributed by atoms with Crippen LogP contribution in [0.2, 0.25) is 0 Å². The standard InChI is InChI=1S/C32H35N5O3S/c1-22-19-24(23(2)35(22)27-15-16-28(29(21-27)37(39)40)34-17-9-4-10-18-34)20-30-31(38)36(26-13-7-8-14-26)32(41-30)33-25-11-5-3-6-12-25/h3,5-6,11-12,15-16,19-21,26H,4,7-10,13-14,17-18H2,1-2H3. The van der Waals surface area contributed by atoms with Crippen LogP contribution in [0.1, 0.15) is 61.9 Å². The fourth-order valence-electron chi connectivity index (χ4n) is 6.33. The van der Waals surface area contributed by atoms with Crippen LogP contribution >= 0.6 is 11.8 Å². The molecule has 3 heterocycles. The molecule has 9 heteroatoms. The first kappa shape index (κ1) is 27.3. The second-order valence-corrected chi connectivity index (χ2v) is 12.1. The number of aryl methyl sites for hydroxylation is 1. The van der Waals surface area contributed by atoms with Gasteiger partial charge in [0.1, 0.15) is 5.69 Å². The lowest BCUT2D eigenvalue weighted by atomic mass is 10.1. The molecule has 6 rings (SSSR count). The van der Waals surface area contributed by atoms with Crippen molar-refractivity contribution in [2.75, 3.05) is 18.0 Å². The zero-order valence-corrected chi connectivity index (χ0v) is 24.4. The molecule has 212 valence electrons. The number of hydrogen-bond donors (Lipinski definition) is 0. The van der Waals surface area contributed by atoms with Gasteiger partial charge in [-0.3, -0.25) is 19.8 Å². The van der Waals surface area contributed by atoms with E-state index in [1.54, 1.807) is 6.07 Å². The zero-order chi connectivity index (χ0) is 28.5. The summed E-state index contributed by atoms with van der Waals surface area (Å²) in [4.78, 5) is 35.1. The second kappa shape index (κ2) is 11.6. The predicted octanol–water partition coefficient (Wildman–Crippen LogP) is 7.54. The third kappa shape index (κ3) is 5.43. The molecule has 1 saturated carbocycles. The number of benzene rings is 2. The number of hydrogen-bond acceptors (Lipinski definition) is 6. The number of thioether (sulfide) groups is 1. The average molecular weight is 570 g/mol. The third-order valence-corrected chi connectivity index (χ3v) is 9.36. The molecule has 0 bridgehead atoms. The number of carbonyl (C=O) groups is 1. The van der Waals surface area contributed by atoms with E-state index >= 15 is 0 Å². The van der Waals surface area contributed by atoms with Crippen LogP contribution in [-0.2, 0) is 4.79 Å². The zero-order valence-electron chi connectivity index (χ0n) is 23.6. The van der Waals surface area contributed by atoms with Gasteiger partial charge < -0.3 is 9.47 Å². The van der Waals surface area contributed by atoms with E-state index in [2.05, 4.69) is 4.90 Å². The number of para-hydroxylation sites is 1. The highest BCUT2D eigenvalue weighted by atomic mass is 32.2. The smallest absolute Gasteiger partial charge is 0.294 e. The fourth-order valence-corrected chi connectivity index (χ4v) is 7.38. The maximum absolute atomic E-state index is 13.7. The first-order valence-electron chi connectivity index (χ1n) is 14.5. The molecule has 0 spiro atoms. The van der Waals surface area contributed by atoms with Crippen molar-refractivity contribution in [2.24, 2.45) is 4.99 Å². The van der Waals surface area contributed by atoms with Crippen LogP contribution in [0.4, 0.5) is 17.1 Å². The molecule has 1 aliphatic carbocycles. The van der Waals surface area contributed by atoms with Gasteiger partial charge in [-0.05, 0) is 99.7 Å². The number of amides is 1. The van der Waals surface area contributed by atoms with E-state index in [-0.39, 0.29) is 22.6 Å². The van der Waals surface area contributed by atoms with Gasteiger partial charge in [-0.2, -0.15) is 0 Å². The Bertz CT molecular complexity index is 1530. The molecule has 1 amide bonds. The summed E-state index contributed by atoms with van der Waals surface area (Å²) in [5, 5.41) is 12.8. The largest absolute Gasteiger partial charge is 0.366 e. The molecule has 3 fully saturated rings. The molecular weight excluding hydrogens is 534 g/mol. The minimum Gasteiger partial charge on any atom is -0.366 e. The Balaban J connectivity index is 1.35. The number of aliphatic imine (C=N–C) groups is 1. The van der Waals surface area contributed by atoms with Crippen molar-refractivity contribution in [1.29, 1.82) is 0 Å². The van der Waals surface area contributed by atoms with Gasteiger partial charge in [-0.1, -0.05) is 31.0 Å². The molecule has 41 heavy (non-hydrogen) atoms. The molecule has 2 saturated heterocycles. The van der Waals surface area contributed by atoms with Gasteiger partial charge in [0, 0.05) is 36.6 Å². The van der Waals surface area contributed by atoms with E-state index in [1.165, 1.54) is 18.2 Å². The van der Waals surface area contributed by atoms with Crippen LogP contribution in [0.15, 0.2) is 64.5 Å². The Morgan fingerprint density at radius 2 is 1.71 bits per heavy atom. The van der Waals surface area contributed by atoms with Crippen LogP contribution in [0, 0.1) is 24.0 Å². The topological polar surface area (TPSA) is 84.0 Å². The van der Waals surface area contributed by atoms with E-state index in [9.17, 15) is 14.9 Å². The molecule has 3 aliphatic rings. The van der Waals surface area contributed by atoms with Gasteiger partial charge in [-0.15, -0.1) is 0 Å². The SMILES string of the molecule is Cc1cc(C=C2SC(=Nc3ccccc3)N(C3CCCC3)C2=O)c(C)n1-c1ccc(N2CCCCC2)c([N+](=O)[O-])c1. The highest BCUT2D eigenvalue weighted by molar-refractivity contribution is 8.18. The van der Waals surface area contributed by atoms with Crippen LogP contribution in [0.25, 0.3) is 11.8 Å². The maximum atomic E-state index is 13.7. The van der Waals surface area contributed by atoms with Crippen LogP contribution in [0.3, 0.4) is 0 Å². The number of nitro benzene ring substituents is 1. The summed E-state index contributed by atoms with van der Waals surface area (Å²) >= 11 is 1.43. The minimum atomic E-state index is -0.274. The van der Waals surface area contributed by atoms with E-state index in [0.29, 0.717) is 10.6 Å². The summed E-state index contributed by atoms with van der Waals surface area (Å²) < 4.78 is 2.04. The van der Waals surface area contributed by atoms with Crippen molar-refractivity contribution in [2.45, 2.75) is 64.8 Å². The quantitative estimate of drug-likeness (QED) is 0.174. The minimum absolute atomic E-state index is 0.00269. The Hall–Kier alpha value is -3.85. The van der Waals surface area contributed by atoms with E-state index in [1.807, 2.05) is 77.9 Å². The molecule has 3 aromatic rings. The monoisotopic (exact) mass is 569 g/mol. The van der Waals surface area contributed by atoms with Crippen molar-refractivity contribution in [3.8, 4) is 5.69 Å². The van der Waals surface area contributed by atoms with Gasteiger partial charge in [0.2, 0.25) is 0 Å². The lowest BCUT2D eigenvalue weighted by molar-refractivity contribution is -0.384. The Morgan fingerprint density at radius 3 is 2.41 bits per heavy atom. The molecule has 0 unspecified atom stereocenters. The first-order valence-corrected chi connectivity index (χ1v) is 15.3. The molecule has 0 atom stereocenters. The number of anilines is 1. The highest BCUT2D eigenvalue weighted by Gasteiger charge is 2.39. The summed E-state index contributed by atoms with van der Waals surface area (Å²) in [6.07, 6.45) is 9.47. The Kier molecular flexibility index (Phi) is 7.71. The number of nitro groups is 1. The third-order valence-electron chi connectivity index (χ3n) is 8.38. The van der Waals surface area contributed by atoms with Gasteiger partial charge >= 0.3 is 0 Å². The fraction of sp³-hybridized carbons (Fsp3) is 0.375. The van der Waals surface area contributed by atoms with Gasteiger partial charge in [0.25, 0.3) is 11.6 Å². The predicted molar refractivity (Wildman–Crippen MR) is 166 cm³/mol. The number of rotatable bonds is 6. The molecule has 1 aromatic heterocycles. The molecule has 0 N–H and O–H groups in total. The second-order valence-electron chi connectivity index (χ2n) is 11.1. The van der Waals surface area contributed by atoms with Gasteiger partial charge in [-0.25, -0.2) is 4.99 Å². The van der Waals surface area contributed by atoms with E-state index in [0.717, 1.165) is 85.1 Å². The summed E-state index contributed by atoms with van der Waals surface area (Å²) in [5.41, 5.74) is 5.22. The Labute approximate surface area is 244 Å². The van der Waals surface area contributed by atoms with Crippen molar-refractivity contribution in [3.63, 3.8) is 0 Å². The molecule has 8 nitrogen and oxygen atoms in total. The van der Waals surface area contributed by atoms with Gasteiger partial charge in [0.15, 0.2) is 5.17 Å². The summed E-state index contributed by atoms with van der Waals surface area (Å²) in [6.45, 7) is 5.69. The number of amidine groups is 1. The number of piperidine rings is 1. The molecule has 2 aliphatic heterocycles. The van der Waals surface area contributed by atoms with E-state index in [4.69, 9.17) is 4.99 Å². The van der Waals surface area contributed by atoms with Crippen molar-refractivity contribution >= 4 is 46.0 Å². The van der Waals surface area contributed by atoms with Crippen molar-refractivity contribution in [3.05, 3.63) is 86.6 Å². The van der Waals surface area contributed by atoms with Crippen molar-refractivity contribution in [1.82, 2.24) is 9.47 Å². The number of aromatic nitrogens is 1. The first-order chi connectivity index (χ1) is 19.9. The summed E-state index contributed by atoms with van der Waals surface area (Å²) in [6, 6.07) is 17.5. The normalized spacial score (nSPS) is 20.1. The number of carbonyl (C=O) groups excluding carboxylic acids is 1. The van der Waals surface area contributed by atoms with Gasteiger partial charge in [0.05, 0.1) is 21.2 Å². The van der Waals surface area contributed by atoms with Crippen LogP contribution in [0.5, 0.6) is 0 Å². The number of nitrogens with zero attached hydrogens (tertiary/aromatic N) is 5. The molecule has 0 radical (unpaired) electrons.